The quantitative estimate of drug-likeness (QED) is 0.734. The Labute approximate surface area is 148 Å². The maximum absolute atomic E-state index is 12.1. The number of benzene rings is 1. The number of hydrogen-bond acceptors (Lipinski definition) is 6. The summed E-state index contributed by atoms with van der Waals surface area (Å²) in [4.78, 5) is 11.9. The van der Waals surface area contributed by atoms with E-state index in [1.807, 2.05) is 6.08 Å². The van der Waals surface area contributed by atoms with E-state index in [0.717, 1.165) is 6.07 Å². The topological polar surface area (TPSA) is 119 Å². The van der Waals surface area contributed by atoms with Crippen LogP contribution in [0.3, 0.4) is 0 Å². The first-order chi connectivity index (χ1) is 11.7. The predicted octanol–water partition coefficient (Wildman–Crippen LogP) is 2.82. The third-order valence-corrected chi connectivity index (χ3v) is 5.58. The van der Waals surface area contributed by atoms with E-state index >= 15 is 0 Å². The van der Waals surface area contributed by atoms with E-state index in [1.165, 1.54) is 17.4 Å². The van der Waals surface area contributed by atoms with Gasteiger partial charge in [0.15, 0.2) is 5.72 Å². The van der Waals surface area contributed by atoms with Gasteiger partial charge < -0.3 is 15.2 Å². The normalized spacial score (nSPS) is 19.6. The molecular formula is C16H16N2O5S2. The molecule has 4 N–H and O–H groups in total. The smallest absolute Gasteiger partial charge is 0.335 e. The Morgan fingerprint density at radius 1 is 1.44 bits per heavy atom. The lowest BCUT2D eigenvalue weighted by molar-refractivity contribution is 0.0696. The van der Waals surface area contributed by atoms with Gasteiger partial charge in [0.05, 0.1) is 16.7 Å². The van der Waals surface area contributed by atoms with Crippen molar-refractivity contribution in [2.24, 2.45) is 5.14 Å². The van der Waals surface area contributed by atoms with Gasteiger partial charge in [-0.25, -0.2) is 18.4 Å². The van der Waals surface area contributed by atoms with Crippen molar-refractivity contribution in [1.82, 2.24) is 0 Å². The fraction of sp³-hybridized carbons (Fsp3) is 0.188. The number of carbonyl (C=O) groups is 1. The summed E-state index contributed by atoms with van der Waals surface area (Å²) in [5.41, 5.74) is -0.322. The van der Waals surface area contributed by atoms with Crippen molar-refractivity contribution in [3.63, 3.8) is 0 Å². The standard InChI is InChI=1S/C16H16N2O5S2/c1-16(5-3-6-23-16)18-11-8-10(15(19)20)9-13(25(17,21)22)14(11)12-4-2-7-24-12/h2-4,6-9,18H,5H2,1H3,(H,19,20)(H2,17,21,22). The summed E-state index contributed by atoms with van der Waals surface area (Å²) in [5.74, 6) is -1.25. The molecule has 0 saturated heterocycles. The zero-order chi connectivity index (χ0) is 18.2. The first-order valence-corrected chi connectivity index (χ1v) is 9.71. The minimum Gasteiger partial charge on any atom is -0.478 e. The number of sulfonamides is 1. The molecule has 1 atom stereocenters. The van der Waals surface area contributed by atoms with Gasteiger partial charge >= 0.3 is 5.97 Å². The van der Waals surface area contributed by atoms with Crippen LogP contribution in [0, 0.1) is 0 Å². The Kier molecular flexibility index (Phi) is 4.31. The van der Waals surface area contributed by atoms with Crippen molar-refractivity contribution in [2.45, 2.75) is 24.0 Å². The summed E-state index contributed by atoms with van der Waals surface area (Å²) in [6.07, 6.45) is 3.90. The maximum atomic E-state index is 12.1. The largest absolute Gasteiger partial charge is 0.478 e. The lowest BCUT2D eigenvalue weighted by Gasteiger charge is -2.28. The average Bonchev–Trinajstić information content (AvgIpc) is 3.17. The van der Waals surface area contributed by atoms with Crippen LogP contribution in [-0.2, 0) is 14.8 Å². The number of carboxylic acid groups (broad SMARTS) is 1. The molecule has 1 aromatic carbocycles. The number of nitrogens with two attached hydrogens (primary N) is 1. The summed E-state index contributed by atoms with van der Waals surface area (Å²) in [6, 6.07) is 5.99. The highest BCUT2D eigenvalue weighted by molar-refractivity contribution is 7.89. The number of anilines is 1. The number of rotatable bonds is 5. The monoisotopic (exact) mass is 380 g/mol. The van der Waals surface area contributed by atoms with E-state index in [0.29, 0.717) is 22.5 Å². The van der Waals surface area contributed by atoms with Crippen LogP contribution in [0.2, 0.25) is 0 Å². The third kappa shape index (κ3) is 3.53. The number of carboxylic acids is 1. The molecule has 0 aliphatic carbocycles. The second-order valence-electron chi connectivity index (χ2n) is 5.77. The van der Waals surface area contributed by atoms with Gasteiger partial charge in [-0.05, 0) is 36.6 Å². The summed E-state index contributed by atoms with van der Waals surface area (Å²) in [6.45, 7) is 1.79. The molecule has 2 aromatic rings. The first kappa shape index (κ1) is 17.5. The lowest BCUT2D eigenvalue weighted by Crippen LogP contribution is -2.34. The SMILES string of the molecule is CC1(Nc2cc(C(=O)O)cc(S(N)(=O)=O)c2-c2cccs2)CC=CO1. The molecule has 2 heterocycles. The molecule has 0 radical (unpaired) electrons. The van der Waals surface area contributed by atoms with Crippen molar-refractivity contribution in [3.8, 4) is 10.4 Å². The second-order valence-corrected chi connectivity index (χ2v) is 8.25. The number of primary sulfonamides is 1. The number of nitrogens with one attached hydrogen (secondary N) is 1. The van der Waals surface area contributed by atoms with Gasteiger partial charge in [0.25, 0.3) is 0 Å². The second kappa shape index (κ2) is 6.17. The number of thiophene rings is 1. The van der Waals surface area contributed by atoms with E-state index < -0.39 is 21.7 Å². The summed E-state index contributed by atoms with van der Waals surface area (Å²) >= 11 is 1.33. The van der Waals surface area contributed by atoms with Crippen LogP contribution in [-0.4, -0.2) is 25.2 Å². The maximum Gasteiger partial charge on any atom is 0.335 e. The van der Waals surface area contributed by atoms with Crippen molar-refractivity contribution in [2.75, 3.05) is 5.32 Å². The molecule has 7 nitrogen and oxygen atoms in total. The zero-order valence-corrected chi connectivity index (χ0v) is 14.9. The van der Waals surface area contributed by atoms with Gasteiger partial charge in [0.1, 0.15) is 0 Å². The Morgan fingerprint density at radius 3 is 2.72 bits per heavy atom. The minimum atomic E-state index is -4.14. The fourth-order valence-electron chi connectivity index (χ4n) is 2.62. The van der Waals surface area contributed by atoms with Crippen molar-refractivity contribution < 1.29 is 23.1 Å². The Balaban J connectivity index is 2.26. The van der Waals surface area contributed by atoms with Crippen molar-refractivity contribution in [3.05, 3.63) is 47.5 Å². The number of ether oxygens (including phenoxy) is 1. The van der Waals surface area contributed by atoms with Crippen LogP contribution in [0.5, 0.6) is 0 Å². The van der Waals surface area contributed by atoms with E-state index in [9.17, 15) is 18.3 Å². The van der Waals surface area contributed by atoms with Gasteiger partial charge in [-0.2, -0.15) is 0 Å². The fourth-order valence-corrected chi connectivity index (χ4v) is 4.28. The number of aromatic carboxylic acids is 1. The van der Waals surface area contributed by atoms with Gasteiger partial charge in [-0.1, -0.05) is 6.07 Å². The van der Waals surface area contributed by atoms with Gasteiger partial charge in [-0.3, -0.25) is 0 Å². The van der Waals surface area contributed by atoms with E-state index in [4.69, 9.17) is 9.88 Å². The molecule has 0 amide bonds. The molecule has 1 aliphatic heterocycles. The molecule has 1 unspecified atom stereocenters. The highest BCUT2D eigenvalue weighted by atomic mass is 32.2. The van der Waals surface area contributed by atoms with Crippen molar-refractivity contribution in [1.29, 1.82) is 0 Å². The summed E-state index contributed by atoms with van der Waals surface area (Å²) < 4.78 is 29.7. The molecule has 1 aliphatic rings. The molecule has 0 saturated carbocycles. The third-order valence-electron chi connectivity index (χ3n) is 3.75. The first-order valence-electron chi connectivity index (χ1n) is 7.29. The van der Waals surface area contributed by atoms with Crippen LogP contribution in [0.15, 0.2) is 46.9 Å². The molecule has 3 rings (SSSR count). The molecule has 1 aromatic heterocycles. The molecule has 25 heavy (non-hydrogen) atoms. The van der Waals surface area contributed by atoms with E-state index in [-0.39, 0.29) is 10.5 Å². The Bertz CT molecular complexity index is 941. The van der Waals surface area contributed by atoms with Crippen LogP contribution in [0.1, 0.15) is 23.7 Å². The summed E-state index contributed by atoms with van der Waals surface area (Å²) in [5, 5.41) is 19.6. The number of hydrogen-bond donors (Lipinski definition) is 3. The van der Waals surface area contributed by atoms with E-state index in [2.05, 4.69) is 5.32 Å². The average molecular weight is 380 g/mol. The van der Waals surface area contributed by atoms with Gasteiger partial charge in [0.2, 0.25) is 10.0 Å². The molecular weight excluding hydrogens is 364 g/mol. The molecule has 0 fully saturated rings. The minimum absolute atomic E-state index is 0.179. The van der Waals surface area contributed by atoms with E-state index in [1.54, 1.807) is 30.7 Å². The molecule has 9 heteroatoms. The highest BCUT2D eigenvalue weighted by Crippen LogP contribution is 2.40. The predicted molar refractivity (Wildman–Crippen MR) is 95.0 cm³/mol. The van der Waals surface area contributed by atoms with Gasteiger partial charge in [0, 0.05) is 22.5 Å². The molecule has 132 valence electrons. The van der Waals surface area contributed by atoms with Crippen molar-refractivity contribution >= 4 is 33.0 Å². The summed E-state index contributed by atoms with van der Waals surface area (Å²) in [7, 11) is -4.14. The lowest BCUT2D eigenvalue weighted by atomic mass is 10.0. The Hall–Kier alpha value is -2.36. The molecule has 0 bridgehead atoms. The Morgan fingerprint density at radius 2 is 2.20 bits per heavy atom. The van der Waals surface area contributed by atoms with Crippen LogP contribution in [0.25, 0.3) is 10.4 Å². The van der Waals surface area contributed by atoms with Gasteiger partial charge in [-0.15, -0.1) is 11.3 Å². The van der Waals surface area contributed by atoms with Crippen LogP contribution in [0.4, 0.5) is 5.69 Å². The van der Waals surface area contributed by atoms with Crippen LogP contribution >= 0.6 is 11.3 Å². The molecule has 0 spiro atoms. The van der Waals surface area contributed by atoms with Crippen LogP contribution < -0.4 is 10.5 Å². The zero-order valence-electron chi connectivity index (χ0n) is 13.2. The highest BCUT2D eigenvalue weighted by Gasteiger charge is 2.31.